The molecule has 2 N–H and O–H groups in total. The molecule has 2 aliphatic rings. The van der Waals surface area contributed by atoms with Crippen LogP contribution in [0.1, 0.15) is 47.8 Å². The van der Waals surface area contributed by atoms with Crippen molar-refractivity contribution >= 4 is 18.2 Å². The molecule has 5 nitrogen and oxygen atoms in total. The van der Waals surface area contributed by atoms with Crippen LogP contribution in [0.3, 0.4) is 0 Å². The van der Waals surface area contributed by atoms with Crippen LogP contribution in [0.25, 0.3) is 5.69 Å². The number of nitrogens with zero attached hydrogens (tertiary/aromatic N) is 2. The van der Waals surface area contributed by atoms with Crippen molar-refractivity contribution in [2.75, 3.05) is 0 Å². The van der Waals surface area contributed by atoms with Gasteiger partial charge in [-0.1, -0.05) is 18.9 Å². The molecule has 1 aromatic carbocycles. The Morgan fingerprint density at radius 1 is 1.32 bits per heavy atom. The molecule has 0 amide bonds. The van der Waals surface area contributed by atoms with Crippen molar-refractivity contribution in [3.63, 3.8) is 0 Å². The van der Waals surface area contributed by atoms with Gasteiger partial charge in [-0.3, -0.25) is 9.67 Å². The predicted octanol–water partition coefficient (Wildman–Crippen LogP) is 3.53. The molecule has 0 radical (unpaired) electrons. The molecule has 1 heterocycles. The number of nitrogens with one attached hydrogen (secondary N) is 1. The lowest BCUT2D eigenvalue weighted by Crippen LogP contribution is -2.04. The van der Waals surface area contributed by atoms with E-state index >= 15 is 0 Å². The van der Waals surface area contributed by atoms with E-state index < -0.39 is 5.97 Å². The van der Waals surface area contributed by atoms with E-state index in [1.54, 1.807) is 18.2 Å². The highest BCUT2D eigenvalue weighted by atomic mass is 32.1. The average Bonchev–Trinajstić information content (AvgIpc) is 3.14. The zero-order valence-electron chi connectivity index (χ0n) is 12.0. The molecule has 2 atom stereocenters. The average molecular weight is 315 g/mol. The lowest BCUT2D eigenvalue weighted by atomic mass is 10.0. The first-order chi connectivity index (χ1) is 10.7. The first-order valence-electron chi connectivity index (χ1n) is 7.68. The van der Waals surface area contributed by atoms with Crippen molar-refractivity contribution < 1.29 is 9.90 Å². The lowest BCUT2D eigenvalue weighted by molar-refractivity contribution is 0.0697. The van der Waals surface area contributed by atoms with Crippen LogP contribution in [0, 0.1) is 16.6 Å². The summed E-state index contributed by atoms with van der Waals surface area (Å²) in [5.74, 6) is 1.94. The number of hydrogen-bond acceptors (Lipinski definition) is 3. The van der Waals surface area contributed by atoms with E-state index in [0.29, 0.717) is 10.7 Å². The molecule has 6 heteroatoms. The molecule has 0 aliphatic heterocycles. The van der Waals surface area contributed by atoms with Crippen LogP contribution in [0.15, 0.2) is 24.3 Å². The van der Waals surface area contributed by atoms with Crippen molar-refractivity contribution in [1.82, 2.24) is 14.8 Å². The number of H-pyrrole nitrogens is 1. The maximum absolute atomic E-state index is 11.2. The minimum atomic E-state index is -0.932. The summed E-state index contributed by atoms with van der Waals surface area (Å²) in [7, 11) is 0. The SMILES string of the molecule is O=C(O)c1cccc(-n2c(C3C4CCCCC43)n[nH]c2=S)c1. The summed E-state index contributed by atoms with van der Waals surface area (Å²) in [5.41, 5.74) is 1.04. The second-order valence-corrected chi connectivity index (χ2v) is 6.60. The number of aromatic amines is 1. The summed E-state index contributed by atoms with van der Waals surface area (Å²) in [6, 6.07) is 6.87. The summed E-state index contributed by atoms with van der Waals surface area (Å²) < 4.78 is 2.44. The number of fused-ring (bicyclic) bond motifs is 1. The van der Waals surface area contributed by atoms with Crippen molar-refractivity contribution in [2.24, 2.45) is 11.8 Å². The predicted molar refractivity (Wildman–Crippen MR) is 83.9 cm³/mol. The van der Waals surface area contributed by atoms with Crippen LogP contribution >= 0.6 is 12.2 Å². The standard InChI is InChI=1S/C16H17N3O2S/c20-15(21)9-4-3-5-10(8-9)19-14(17-18-16(19)22)13-11-6-1-2-7-12(11)13/h3-5,8,11-13H,1-2,6-7H2,(H,18,22)(H,20,21). The molecule has 2 unspecified atom stereocenters. The maximum atomic E-state index is 11.2. The molecule has 2 fully saturated rings. The lowest BCUT2D eigenvalue weighted by Gasteiger charge is -2.07. The number of carbonyl (C=O) groups is 1. The van der Waals surface area contributed by atoms with Crippen molar-refractivity contribution in [3.05, 3.63) is 40.4 Å². The number of aromatic nitrogens is 3. The highest BCUT2D eigenvalue weighted by Gasteiger charge is 2.53. The summed E-state index contributed by atoms with van der Waals surface area (Å²) in [4.78, 5) is 11.2. The number of aromatic carboxylic acids is 1. The van der Waals surface area contributed by atoms with Gasteiger partial charge in [-0.05, 0) is 55.1 Å². The first kappa shape index (κ1) is 13.7. The molecule has 1 aromatic heterocycles. The first-order valence-corrected chi connectivity index (χ1v) is 8.08. The van der Waals surface area contributed by atoms with E-state index in [-0.39, 0.29) is 5.56 Å². The van der Waals surface area contributed by atoms with Crippen LogP contribution in [0.2, 0.25) is 0 Å². The number of carboxylic acid groups (broad SMARTS) is 1. The van der Waals surface area contributed by atoms with Gasteiger partial charge in [0.05, 0.1) is 11.3 Å². The third-order valence-corrected chi connectivity index (χ3v) is 5.28. The molecule has 0 bridgehead atoms. The van der Waals surface area contributed by atoms with E-state index in [1.165, 1.54) is 25.7 Å². The second kappa shape index (κ2) is 5.05. The Balaban J connectivity index is 1.77. The van der Waals surface area contributed by atoms with Gasteiger partial charge in [0.15, 0.2) is 4.77 Å². The van der Waals surface area contributed by atoms with Gasteiger partial charge in [0.2, 0.25) is 0 Å². The number of rotatable bonds is 3. The molecule has 2 aromatic rings. The van der Waals surface area contributed by atoms with E-state index in [2.05, 4.69) is 10.2 Å². The van der Waals surface area contributed by atoms with Gasteiger partial charge < -0.3 is 5.11 Å². The van der Waals surface area contributed by atoms with E-state index in [4.69, 9.17) is 12.2 Å². The minimum absolute atomic E-state index is 0.264. The maximum Gasteiger partial charge on any atom is 0.335 e. The molecule has 114 valence electrons. The molecule has 4 rings (SSSR count). The van der Waals surface area contributed by atoms with Crippen LogP contribution in [-0.4, -0.2) is 25.8 Å². The van der Waals surface area contributed by atoms with Crippen molar-refractivity contribution in [2.45, 2.75) is 31.6 Å². The summed E-state index contributed by atoms with van der Waals surface area (Å²) in [6.45, 7) is 0. The molecule has 2 saturated carbocycles. The Labute approximate surface area is 133 Å². The Morgan fingerprint density at radius 3 is 2.73 bits per heavy atom. The quantitative estimate of drug-likeness (QED) is 0.850. The van der Waals surface area contributed by atoms with Crippen LogP contribution in [-0.2, 0) is 0 Å². The smallest absolute Gasteiger partial charge is 0.335 e. The molecule has 0 saturated heterocycles. The molecular formula is C16H17N3O2S. The highest BCUT2D eigenvalue weighted by Crippen LogP contribution is 2.60. The summed E-state index contributed by atoms with van der Waals surface area (Å²) in [6.07, 6.45) is 5.14. The van der Waals surface area contributed by atoms with E-state index in [0.717, 1.165) is 23.3 Å². The molecular weight excluding hydrogens is 298 g/mol. The normalized spacial score (nSPS) is 26.5. The Hall–Kier alpha value is -1.95. The minimum Gasteiger partial charge on any atom is -0.478 e. The van der Waals surface area contributed by atoms with E-state index in [9.17, 15) is 9.90 Å². The zero-order chi connectivity index (χ0) is 15.3. The number of hydrogen-bond donors (Lipinski definition) is 2. The summed E-state index contributed by atoms with van der Waals surface area (Å²) in [5, 5.41) is 16.5. The van der Waals surface area contributed by atoms with Gasteiger partial charge in [-0.25, -0.2) is 4.79 Å². The Morgan fingerprint density at radius 2 is 2.05 bits per heavy atom. The van der Waals surface area contributed by atoms with Crippen molar-refractivity contribution in [1.29, 1.82) is 0 Å². The number of benzene rings is 1. The van der Waals surface area contributed by atoms with Gasteiger partial charge >= 0.3 is 5.97 Å². The largest absolute Gasteiger partial charge is 0.478 e. The van der Waals surface area contributed by atoms with Crippen LogP contribution in [0.4, 0.5) is 0 Å². The third kappa shape index (κ3) is 2.09. The highest BCUT2D eigenvalue weighted by molar-refractivity contribution is 7.71. The second-order valence-electron chi connectivity index (χ2n) is 6.22. The summed E-state index contributed by atoms with van der Waals surface area (Å²) >= 11 is 5.37. The Kier molecular flexibility index (Phi) is 3.14. The topological polar surface area (TPSA) is 70.9 Å². The van der Waals surface area contributed by atoms with Gasteiger partial charge in [0, 0.05) is 5.92 Å². The van der Waals surface area contributed by atoms with Gasteiger partial charge in [-0.15, -0.1) is 0 Å². The zero-order valence-corrected chi connectivity index (χ0v) is 12.8. The fourth-order valence-electron chi connectivity index (χ4n) is 3.94. The van der Waals surface area contributed by atoms with Gasteiger partial charge in [-0.2, -0.15) is 5.10 Å². The third-order valence-electron chi connectivity index (χ3n) is 5.00. The van der Waals surface area contributed by atoms with Gasteiger partial charge in [0.1, 0.15) is 5.82 Å². The molecule has 0 spiro atoms. The van der Waals surface area contributed by atoms with E-state index in [1.807, 2.05) is 10.6 Å². The monoisotopic (exact) mass is 315 g/mol. The van der Waals surface area contributed by atoms with Gasteiger partial charge in [0.25, 0.3) is 0 Å². The van der Waals surface area contributed by atoms with Crippen LogP contribution in [0.5, 0.6) is 0 Å². The number of carboxylic acids is 1. The Bertz CT molecular complexity index is 783. The fourth-order valence-corrected chi connectivity index (χ4v) is 4.18. The molecule has 2 aliphatic carbocycles. The van der Waals surface area contributed by atoms with Crippen molar-refractivity contribution in [3.8, 4) is 5.69 Å². The van der Waals surface area contributed by atoms with Crippen LogP contribution < -0.4 is 0 Å². The molecule has 22 heavy (non-hydrogen) atoms. The fraction of sp³-hybridized carbons (Fsp3) is 0.438.